The maximum Gasteiger partial charge on any atom is 0.146 e. The van der Waals surface area contributed by atoms with Crippen LogP contribution in [-0.2, 0) is 0 Å². The molecule has 0 saturated carbocycles. The molecule has 0 amide bonds. The van der Waals surface area contributed by atoms with E-state index in [0.717, 1.165) is 23.8 Å². The number of nitrogens with one attached hydrogen (secondary N) is 1. The topological polar surface area (TPSA) is 12.0 Å². The molecule has 0 heterocycles. The van der Waals surface area contributed by atoms with Crippen LogP contribution >= 0.6 is 0 Å². The van der Waals surface area contributed by atoms with Crippen molar-refractivity contribution >= 4 is 11.8 Å². The van der Waals surface area contributed by atoms with Gasteiger partial charge in [0.15, 0.2) is 0 Å². The van der Waals surface area contributed by atoms with Gasteiger partial charge in [0, 0.05) is 6.54 Å². The third kappa shape index (κ3) is 3.42. The van der Waals surface area contributed by atoms with Gasteiger partial charge in [0.25, 0.3) is 0 Å². The van der Waals surface area contributed by atoms with E-state index in [2.05, 4.69) is 5.32 Å². The summed E-state index contributed by atoms with van der Waals surface area (Å²) in [7, 11) is 0. The molecule has 0 spiro atoms. The maximum atomic E-state index is 13.3. The number of hydrogen-bond acceptors (Lipinski definition) is 1. The molecule has 0 aliphatic carbocycles. The SMILES string of the molecule is Fc1ccc(F)c(NCC=Cc2ccccc2)c1. The molecule has 2 aromatic carbocycles. The normalized spacial score (nSPS) is 10.8. The van der Waals surface area contributed by atoms with E-state index < -0.39 is 11.6 Å². The van der Waals surface area contributed by atoms with Gasteiger partial charge in [-0.15, -0.1) is 0 Å². The second-order valence-electron chi connectivity index (χ2n) is 3.82. The van der Waals surface area contributed by atoms with E-state index in [0.29, 0.717) is 6.54 Å². The maximum absolute atomic E-state index is 13.3. The smallest absolute Gasteiger partial charge is 0.146 e. The van der Waals surface area contributed by atoms with E-state index in [1.807, 2.05) is 42.5 Å². The monoisotopic (exact) mass is 245 g/mol. The van der Waals surface area contributed by atoms with Crippen LogP contribution in [-0.4, -0.2) is 6.54 Å². The Morgan fingerprint density at radius 2 is 1.78 bits per heavy atom. The summed E-state index contributed by atoms with van der Waals surface area (Å²) in [6.07, 6.45) is 3.78. The first-order valence-corrected chi connectivity index (χ1v) is 5.66. The van der Waals surface area contributed by atoms with Crippen LogP contribution in [0.4, 0.5) is 14.5 Å². The molecule has 1 nitrogen and oxygen atoms in total. The molecule has 2 aromatic rings. The van der Waals surface area contributed by atoms with Gasteiger partial charge < -0.3 is 5.32 Å². The highest BCUT2D eigenvalue weighted by Gasteiger charge is 2.01. The van der Waals surface area contributed by atoms with Crippen molar-refractivity contribution < 1.29 is 8.78 Å². The molecule has 0 saturated heterocycles. The summed E-state index contributed by atoms with van der Waals surface area (Å²) in [5.74, 6) is -0.907. The number of hydrogen-bond donors (Lipinski definition) is 1. The number of halogens is 2. The average Bonchev–Trinajstić information content (AvgIpc) is 2.40. The van der Waals surface area contributed by atoms with Crippen molar-refractivity contribution in [3.8, 4) is 0 Å². The Morgan fingerprint density at radius 3 is 2.56 bits per heavy atom. The summed E-state index contributed by atoms with van der Waals surface area (Å²) in [5, 5.41) is 2.82. The summed E-state index contributed by atoms with van der Waals surface area (Å²) in [6, 6.07) is 13.1. The molecule has 0 fully saturated rings. The Labute approximate surface area is 105 Å². The highest BCUT2D eigenvalue weighted by atomic mass is 19.1. The molecule has 0 unspecified atom stereocenters. The molecule has 0 atom stereocenters. The fraction of sp³-hybridized carbons (Fsp3) is 0.0667. The lowest BCUT2D eigenvalue weighted by Crippen LogP contribution is -2.00. The second-order valence-corrected chi connectivity index (χ2v) is 3.82. The van der Waals surface area contributed by atoms with Gasteiger partial charge in [0.05, 0.1) is 5.69 Å². The van der Waals surface area contributed by atoms with Gasteiger partial charge >= 0.3 is 0 Å². The molecule has 0 bridgehead atoms. The Kier molecular flexibility index (Phi) is 4.07. The fourth-order valence-electron chi connectivity index (χ4n) is 1.56. The van der Waals surface area contributed by atoms with E-state index in [4.69, 9.17) is 0 Å². The first kappa shape index (κ1) is 12.3. The summed E-state index contributed by atoms with van der Waals surface area (Å²) < 4.78 is 26.2. The molecular weight excluding hydrogens is 232 g/mol. The van der Waals surface area contributed by atoms with Crippen molar-refractivity contribution in [3.05, 3.63) is 71.8 Å². The summed E-state index contributed by atoms with van der Waals surface area (Å²) in [5.41, 5.74) is 1.24. The molecule has 0 radical (unpaired) electrons. The van der Waals surface area contributed by atoms with Crippen LogP contribution in [0.2, 0.25) is 0 Å². The predicted molar refractivity (Wildman–Crippen MR) is 70.3 cm³/mol. The van der Waals surface area contributed by atoms with Crippen LogP contribution in [0.25, 0.3) is 6.08 Å². The number of anilines is 1. The van der Waals surface area contributed by atoms with Gasteiger partial charge in [-0.1, -0.05) is 42.5 Å². The van der Waals surface area contributed by atoms with Crippen molar-refractivity contribution in [2.75, 3.05) is 11.9 Å². The molecule has 2 rings (SSSR count). The van der Waals surface area contributed by atoms with Crippen molar-refractivity contribution in [1.82, 2.24) is 0 Å². The third-order valence-corrected chi connectivity index (χ3v) is 2.45. The van der Waals surface area contributed by atoms with Crippen molar-refractivity contribution in [2.45, 2.75) is 0 Å². The first-order chi connectivity index (χ1) is 8.75. The van der Waals surface area contributed by atoms with Gasteiger partial charge in [-0.05, 0) is 23.8 Å². The average molecular weight is 245 g/mol. The molecule has 0 aliphatic rings. The fourth-order valence-corrected chi connectivity index (χ4v) is 1.56. The zero-order valence-corrected chi connectivity index (χ0v) is 9.74. The Balaban J connectivity index is 1.92. The van der Waals surface area contributed by atoms with E-state index in [1.165, 1.54) is 0 Å². The molecule has 3 heteroatoms. The van der Waals surface area contributed by atoms with E-state index in [-0.39, 0.29) is 5.69 Å². The summed E-state index contributed by atoms with van der Waals surface area (Å²) >= 11 is 0. The van der Waals surface area contributed by atoms with Gasteiger partial charge in [0.1, 0.15) is 11.6 Å². The molecule has 92 valence electrons. The van der Waals surface area contributed by atoms with Gasteiger partial charge in [-0.25, -0.2) is 8.78 Å². The van der Waals surface area contributed by atoms with Crippen LogP contribution in [0, 0.1) is 11.6 Å². The Bertz CT molecular complexity index is 535. The molecule has 18 heavy (non-hydrogen) atoms. The van der Waals surface area contributed by atoms with Crippen LogP contribution in [0.3, 0.4) is 0 Å². The minimum atomic E-state index is -0.454. The van der Waals surface area contributed by atoms with E-state index in [9.17, 15) is 8.78 Å². The third-order valence-electron chi connectivity index (χ3n) is 2.45. The standard InChI is InChI=1S/C15H13F2N/c16-13-8-9-14(17)15(11-13)18-10-4-7-12-5-2-1-3-6-12/h1-9,11,18H,10H2. The molecule has 0 aromatic heterocycles. The molecular formula is C15H13F2N. The van der Waals surface area contributed by atoms with Crippen molar-refractivity contribution in [2.24, 2.45) is 0 Å². The largest absolute Gasteiger partial charge is 0.379 e. The minimum Gasteiger partial charge on any atom is -0.379 e. The van der Waals surface area contributed by atoms with E-state index >= 15 is 0 Å². The predicted octanol–water partition coefficient (Wildman–Crippen LogP) is 4.09. The van der Waals surface area contributed by atoms with E-state index in [1.54, 1.807) is 0 Å². The van der Waals surface area contributed by atoms with Crippen LogP contribution < -0.4 is 5.32 Å². The Morgan fingerprint density at radius 1 is 1.00 bits per heavy atom. The lowest BCUT2D eigenvalue weighted by Gasteiger charge is -2.04. The summed E-state index contributed by atoms with van der Waals surface area (Å²) in [6.45, 7) is 0.440. The first-order valence-electron chi connectivity index (χ1n) is 5.66. The van der Waals surface area contributed by atoms with Crippen LogP contribution in [0.1, 0.15) is 5.56 Å². The zero-order chi connectivity index (χ0) is 12.8. The van der Waals surface area contributed by atoms with Crippen molar-refractivity contribution in [1.29, 1.82) is 0 Å². The number of rotatable bonds is 4. The quantitative estimate of drug-likeness (QED) is 0.855. The lowest BCUT2D eigenvalue weighted by atomic mass is 10.2. The molecule has 1 N–H and O–H groups in total. The van der Waals surface area contributed by atoms with Crippen LogP contribution in [0.15, 0.2) is 54.6 Å². The zero-order valence-electron chi connectivity index (χ0n) is 9.74. The second kappa shape index (κ2) is 5.96. The molecule has 0 aliphatic heterocycles. The van der Waals surface area contributed by atoms with Gasteiger partial charge in [0.2, 0.25) is 0 Å². The number of benzene rings is 2. The highest BCUT2D eigenvalue weighted by molar-refractivity contribution is 5.51. The van der Waals surface area contributed by atoms with Crippen LogP contribution in [0.5, 0.6) is 0 Å². The Hall–Kier alpha value is -2.16. The van der Waals surface area contributed by atoms with Gasteiger partial charge in [-0.3, -0.25) is 0 Å². The lowest BCUT2D eigenvalue weighted by molar-refractivity contribution is 0.603. The summed E-state index contributed by atoms with van der Waals surface area (Å²) in [4.78, 5) is 0. The highest BCUT2D eigenvalue weighted by Crippen LogP contribution is 2.14. The van der Waals surface area contributed by atoms with Gasteiger partial charge in [-0.2, -0.15) is 0 Å². The minimum absolute atomic E-state index is 0.174. The van der Waals surface area contributed by atoms with Crippen molar-refractivity contribution in [3.63, 3.8) is 0 Å².